The van der Waals surface area contributed by atoms with Crippen molar-refractivity contribution in [1.29, 1.82) is 0 Å². The van der Waals surface area contributed by atoms with Gasteiger partial charge in [-0.25, -0.2) is 9.79 Å². The van der Waals surface area contributed by atoms with E-state index >= 15 is 0 Å². The van der Waals surface area contributed by atoms with Crippen molar-refractivity contribution in [1.82, 2.24) is 15.1 Å². The molecule has 0 bridgehead atoms. The molecule has 3 heterocycles. The van der Waals surface area contributed by atoms with Crippen LogP contribution >= 0.6 is 0 Å². The van der Waals surface area contributed by atoms with Crippen LogP contribution in [0.5, 0.6) is 0 Å². The Labute approximate surface area is 140 Å². The van der Waals surface area contributed by atoms with E-state index in [1.54, 1.807) is 7.05 Å². The first-order valence-corrected chi connectivity index (χ1v) is 7.88. The molecule has 3 amide bonds. The molecule has 0 radical (unpaired) electrons. The molecule has 0 aliphatic carbocycles. The largest absolute Gasteiger partial charge is 0.325 e. The molecule has 3 aliphatic rings. The number of rotatable bonds is 1. The van der Waals surface area contributed by atoms with Gasteiger partial charge in [-0.05, 0) is 44.0 Å². The van der Waals surface area contributed by atoms with E-state index in [1.807, 2.05) is 29.0 Å². The van der Waals surface area contributed by atoms with E-state index in [-0.39, 0.29) is 5.91 Å². The number of hydrogen-bond acceptors (Lipinski definition) is 5. The van der Waals surface area contributed by atoms with Crippen LogP contribution in [0, 0.1) is 13.8 Å². The summed E-state index contributed by atoms with van der Waals surface area (Å²) in [4.78, 5) is 34.2. The van der Waals surface area contributed by atoms with Crippen LogP contribution in [0.25, 0.3) is 0 Å². The zero-order chi connectivity index (χ0) is 17.2. The van der Waals surface area contributed by atoms with Crippen LogP contribution in [-0.2, 0) is 4.79 Å². The van der Waals surface area contributed by atoms with Gasteiger partial charge in [-0.1, -0.05) is 6.07 Å². The number of hydrogen-bond donors (Lipinski definition) is 1. The summed E-state index contributed by atoms with van der Waals surface area (Å²) in [6, 6.07) is 5.29. The fourth-order valence-electron chi connectivity index (χ4n) is 3.38. The minimum absolute atomic E-state index is 0.312. The molecule has 124 valence electrons. The van der Waals surface area contributed by atoms with Crippen LogP contribution in [-0.4, -0.2) is 47.0 Å². The number of amides is 3. The number of allylic oxidation sites excluding steroid dienone is 1. The molecule has 1 saturated heterocycles. The molecule has 2 atom stereocenters. The van der Waals surface area contributed by atoms with Crippen molar-refractivity contribution >= 4 is 23.6 Å². The van der Waals surface area contributed by atoms with Crippen LogP contribution < -0.4 is 10.2 Å². The summed E-state index contributed by atoms with van der Waals surface area (Å²) in [5.74, 6) is 0.371. The topological polar surface area (TPSA) is 68.2 Å². The van der Waals surface area contributed by atoms with Crippen molar-refractivity contribution in [2.75, 3.05) is 11.9 Å². The first kappa shape index (κ1) is 14.7. The number of benzene rings is 1. The van der Waals surface area contributed by atoms with E-state index in [0.717, 1.165) is 11.4 Å². The number of carbonyl (C=O) groups excluding carboxylic acids is 2. The number of anilines is 1. The van der Waals surface area contributed by atoms with Crippen molar-refractivity contribution in [3.05, 3.63) is 41.2 Å². The first-order chi connectivity index (χ1) is 11.4. The summed E-state index contributed by atoms with van der Waals surface area (Å²) in [5, 5.41) is 2.38. The second-order valence-corrected chi connectivity index (χ2v) is 6.47. The molecule has 0 saturated carbocycles. The molecule has 7 heteroatoms. The van der Waals surface area contributed by atoms with Crippen LogP contribution in [0.2, 0.25) is 0 Å². The molecular weight excluding hydrogens is 306 g/mol. The standard InChI is InChI=1S/C17H19N5O2/c1-9-5-6-12(7-10(9)2)22-11(3)8-21-13-14(18-16(21)22)20(4)17(24)19-15(13)23/h5-8,13-14H,1-4H3,(H,19,23,24). The predicted molar refractivity (Wildman–Crippen MR) is 90.3 cm³/mol. The number of aliphatic imine (C=N–C) groups is 1. The normalized spacial score (nSPS) is 25.4. The van der Waals surface area contributed by atoms with Crippen LogP contribution in [0.15, 0.2) is 35.1 Å². The second-order valence-electron chi connectivity index (χ2n) is 6.47. The highest BCUT2D eigenvalue weighted by Crippen LogP contribution is 2.35. The molecule has 1 N–H and O–H groups in total. The maximum atomic E-state index is 12.3. The third kappa shape index (κ3) is 1.87. The molecule has 1 aromatic carbocycles. The van der Waals surface area contributed by atoms with Crippen molar-refractivity contribution in [2.24, 2.45) is 4.99 Å². The zero-order valence-corrected chi connectivity index (χ0v) is 14.1. The SMILES string of the molecule is CC1=CN2C(=NC3C2C(=O)NC(=O)N3C)N1c1ccc(C)c(C)c1. The number of imide groups is 1. The zero-order valence-electron chi connectivity index (χ0n) is 14.1. The van der Waals surface area contributed by atoms with Crippen LogP contribution in [0.1, 0.15) is 18.1 Å². The highest BCUT2D eigenvalue weighted by Gasteiger charge is 2.51. The lowest BCUT2D eigenvalue weighted by Gasteiger charge is -2.34. The molecule has 3 aliphatic heterocycles. The summed E-state index contributed by atoms with van der Waals surface area (Å²) < 4.78 is 0. The van der Waals surface area contributed by atoms with Crippen molar-refractivity contribution < 1.29 is 9.59 Å². The van der Waals surface area contributed by atoms with Gasteiger partial charge in [-0.3, -0.25) is 15.0 Å². The lowest BCUT2D eigenvalue weighted by Crippen LogP contribution is -2.62. The summed E-state index contributed by atoms with van der Waals surface area (Å²) in [6.45, 7) is 6.13. The van der Waals surface area contributed by atoms with Crippen LogP contribution in [0.3, 0.4) is 0 Å². The van der Waals surface area contributed by atoms with E-state index in [9.17, 15) is 9.59 Å². The van der Waals surface area contributed by atoms with E-state index in [2.05, 4.69) is 36.3 Å². The molecule has 24 heavy (non-hydrogen) atoms. The van der Waals surface area contributed by atoms with Gasteiger partial charge in [0, 0.05) is 24.6 Å². The minimum atomic E-state index is -0.519. The summed E-state index contributed by atoms with van der Waals surface area (Å²) in [7, 11) is 1.66. The number of guanidine groups is 1. The lowest BCUT2D eigenvalue weighted by atomic mass is 10.1. The molecule has 1 aromatic rings. The molecule has 1 fully saturated rings. The number of carbonyl (C=O) groups is 2. The number of urea groups is 1. The number of nitrogens with zero attached hydrogens (tertiary/aromatic N) is 4. The van der Waals surface area contributed by atoms with Crippen molar-refractivity contribution in [3.8, 4) is 0 Å². The van der Waals surface area contributed by atoms with Gasteiger partial charge in [0.25, 0.3) is 5.91 Å². The van der Waals surface area contributed by atoms with Gasteiger partial charge in [0.05, 0.1) is 0 Å². The average molecular weight is 325 g/mol. The average Bonchev–Trinajstić information content (AvgIpc) is 3.03. The number of aryl methyl sites for hydroxylation is 2. The summed E-state index contributed by atoms with van der Waals surface area (Å²) in [6.07, 6.45) is 1.42. The maximum absolute atomic E-state index is 12.3. The Hall–Kier alpha value is -2.83. The molecular formula is C17H19N5O2. The Morgan fingerprint density at radius 1 is 1.12 bits per heavy atom. The van der Waals surface area contributed by atoms with E-state index < -0.39 is 18.2 Å². The minimum Gasteiger partial charge on any atom is -0.303 e. The third-order valence-corrected chi connectivity index (χ3v) is 4.90. The van der Waals surface area contributed by atoms with Crippen molar-refractivity contribution in [3.63, 3.8) is 0 Å². The van der Waals surface area contributed by atoms with Crippen molar-refractivity contribution in [2.45, 2.75) is 33.0 Å². The Morgan fingerprint density at radius 2 is 1.88 bits per heavy atom. The molecule has 4 rings (SSSR count). The van der Waals surface area contributed by atoms with Gasteiger partial charge in [0.2, 0.25) is 5.96 Å². The smallest absolute Gasteiger partial charge is 0.303 e. The number of nitrogens with one attached hydrogen (secondary N) is 1. The van der Waals surface area contributed by atoms with Gasteiger partial charge in [0.1, 0.15) is 0 Å². The lowest BCUT2D eigenvalue weighted by molar-refractivity contribution is -0.126. The molecule has 0 spiro atoms. The van der Waals surface area contributed by atoms with Gasteiger partial charge >= 0.3 is 6.03 Å². The number of fused-ring (bicyclic) bond motifs is 3. The Bertz CT molecular complexity index is 828. The van der Waals surface area contributed by atoms with Gasteiger partial charge in [0.15, 0.2) is 12.2 Å². The van der Waals surface area contributed by atoms with Gasteiger partial charge in [-0.2, -0.15) is 0 Å². The highest BCUT2D eigenvalue weighted by atomic mass is 16.2. The van der Waals surface area contributed by atoms with Gasteiger partial charge < -0.3 is 9.80 Å². The third-order valence-electron chi connectivity index (χ3n) is 4.90. The quantitative estimate of drug-likeness (QED) is 0.850. The van der Waals surface area contributed by atoms with Crippen LogP contribution in [0.4, 0.5) is 10.5 Å². The monoisotopic (exact) mass is 325 g/mol. The Balaban J connectivity index is 1.77. The fraction of sp³-hybridized carbons (Fsp3) is 0.353. The Morgan fingerprint density at radius 3 is 2.58 bits per heavy atom. The number of likely N-dealkylation sites (N-methyl/N-ethyl adjacent to an activating group) is 1. The predicted octanol–water partition coefficient (Wildman–Crippen LogP) is 1.53. The van der Waals surface area contributed by atoms with E-state index in [0.29, 0.717) is 5.96 Å². The maximum Gasteiger partial charge on any atom is 0.325 e. The van der Waals surface area contributed by atoms with E-state index in [1.165, 1.54) is 16.0 Å². The molecule has 2 unspecified atom stereocenters. The molecule has 0 aromatic heterocycles. The Kier molecular flexibility index (Phi) is 2.97. The fourth-order valence-corrected chi connectivity index (χ4v) is 3.38. The summed E-state index contributed by atoms with van der Waals surface area (Å²) >= 11 is 0. The summed E-state index contributed by atoms with van der Waals surface area (Å²) in [5.41, 5.74) is 4.41. The second kappa shape index (κ2) is 4.83. The first-order valence-electron chi connectivity index (χ1n) is 7.88. The highest BCUT2D eigenvalue weighted by molar-refractivity contribution is 6.09. The van der Waals surface area contributed by atoms with Gasteiger partial charge in [-0.15, -0.1) is 0 Å². The molecule has 7 nitrogen and oxygen atoms in total. The van der Waals surface area contributed by atoms with E-state index in [4.69, 9.17) is 0 Å².